The largest absolute Gasteiger partial charge is 0.0841 e. The van der Waals surface area contributed by atoms with Crippen LogP contribution in [0.2, 0.25) is 0 Å². The monoisotopic (exact) mass is 176 g/mol. The minimum Gasteiger partial charge on any atom is -0.0841 e. The first-order valence-electron chi connectivity index (χ1n) is 5.27. The number of rotatable bonds is 2. The van der Waals surface area contributed by atoms with Crippen LogP contribution in [0.3, 0.4) is 0 Å². The van der Waals surface area contributed by atoms with E-state index < -0.39 is 0 Å². The molecule has 1 aliphatic rings. The van der Waals surface area contributed by atoms with E-state index in [9.17, 15) is 0 Å². The summed E-state index contributed by atoms with van der Waals surface area (Å²) in [6, 6.07) is 0. The number of allylic oxidation sites excluding steroid dienone is 6. The highest BCUT2D eigenvalue weighted by atomic mass is 14.1. The van der Waals surface area contributed by atoms with E-state index in [1.165, 1.54) is 12.0 Å². The molecule has 0 fully saturated rings. The van der Waals surface area contributed by atoms with Crippen molar-refractivity contribution in [2.45, 2.75) is 40.0 Å². The van der Waals surface area contributed by atoms with E-state index in [-0.39, 0.29) is 0 Å². The van der Waals surface area contributed by atoms with Gasteiger partial charge in [-0.3, -0.25) is 0 Å². The smallest absolute Gasteiger partial charge is 0.0133 e. The van der Waals surface area contributed by atoms with Crippen LogP contribution < -0.4 is 0 Å². The molecule has 0 amide bonds. The van der Waals surface area contributed by atoms with Crippen LogP contribution >= 0.6 is 0 Å². The van der Waals surface area contributed by atoms with Gasteiger partial charge in [-0.1, -0.05) is 56.2 Å². The van der Waals surface area contributed by atoms with Crippen molar-refractivity contribution in [2.24, 2.45) is 5.92 Å². The molecular weight excluding hydrogens is 156 g/mol. The van der Waals surface area contributed by atoms with Gasteiger partial charge in [0.15, 0.2) is 0 Å². The highest BCUT2D eigenvalue weighted by Gasteiger charge is 2.01. The summed E-state index contributed by atoms with van der Waals surface area (Å²) in [4.78, 5) is 0. The highest BCUT2D eigenvalue weighted by Crippen LogP contribution is 2.19. The maximum Gasteiger partial charge on any atom is -0.0133 e. The van der Waals surface area contributed by atoms with Crippen LogP contribution in [0, 0.1) is 5.92 Å². The zero-order valence-corrected chi connectivity index (χ0v) is 9.01. The maximum absolute atomic E-state index is 2.31. The Hall–Kier alpha value is -0.780. The molecule has 0 bridgehead atoms. The second-order valence-electron chi connectivity index (χ2n) is 3.95. The standard InChI is InChI=1S/C13H20/c1-4-12-7-5-6-8-13(10-9-12)11(2)3/h5-6,9-11H,4,7-8H2,1-3H3/b6-5?,12-9-,13-10+. The van der Waals surface area contributed by atoms with E-state index in [1.54, 1.807) is 5.57 Å². The van der Waals surface area contributed by atoms with Gasteiger partial charge in [0, 0.05) is 0 Å². The summed E-state index contributed by atoms with van der Waals surface area (Å²) >= 11 is 0. The summed E-state index contributed by atoms with van der Waals surface area (Å²) in [5, 5.41) is 0. The minimum absolute atomic E-state index is 0.678. The second-order valence-corrected chi connectivity index (χ2v) is 3.95. The lowest BCUT2D eigenvalue weighted by atomic mass is 9.96. The first-order chi connectivity index (χ1) is 6.24. The summed E-state index contributed by atoms with van der Waals surface area (Å²) < 4.78 is 0. The van der Waals surface area contributed by atoms with Crippen molar-refractivity contribution in [2.75, 3.05) is 0 Å². The van der Waals surface area contributed by atoms with Crippen molar-refractivity contribution in [3.63, 3.8) is 0 Å². The van der Waals surface area contributed by atoms with Crippen LogP contribution in [0.1, 0.15) is 40.0 Å². The van der Waals surface area contributed by atoms with Gasteiger partial charge in [0.05, 0.1) is 0 Å². The molecule has 0 radical (unpaired) electrons. The molecule has 72 valence electrons. The third-order valence-electron chi connectivity index (χ3n) is 2.63. The Kier molecular flexibility index (Phi) is 4.01. The maximum atomic E-state index is 2.31. The van der Waals surface area contributed by atoms with Crippen LogP contribution in [-0.4, -0.2) is 0 Å². The van der Waals surface area contributed by atoms with Crippen molar-refractivity contribution in [3.8, 4) is 0 Å². The van der Waals surface area contributed by atoms with Gasteiger partial charge in [0.2, 0.25) is 0 Å². The Balaban J connectivity index is 2.80. The predicted molar refractivity (Wildman–Crippen MR) is 59.7 cm³/mol. The van der Waals surface area contributed by atoms with E-state index in [1.807, 2.05) is 0 Å². The Morgan fingerprint density at radius 1 is 1.15 bits per heavy atom. The molecule has 0 spiro atoms. The average molecular weight is 176 g/mol. The molecule has 0 aromatic heterocycles. The summed E-state index contributed by atoms with van der Waals surface area (Å²) in [5.74, 6) is 0.678. The van der Waals surface area contributed by atoms with Gasteiger partial charge in [-0.05, 0) is 25.2 Å². The Morgan fingerprint density at radius 3 is 2.46 bits per heavy atom. The fourth-order valence-corrected chi connectivity index (χ4v) is 1.51. The summed E-state index contributed by atoms with van der Waals surface area (Å²) in [5.41, 5.74) is 3.08. The fourth-order valence-electron chi connectivity index (χ4n) is 1.51. The molecule has 0 atom stereocenters. The Labute approximate surface area is 82.0 Å². The summed E-state index contributed by atoms with van der Waals surface area (Å²) in [6.07, 6.45) is 12.7. The molecule has 0 aliphatic heterocycles. The number of hydrogen-bond donors (Lipinski definition) is 0. The molecule has 0 saturated carbocycles. The van der Waals surface area contributed by atoms with Gasteiger partial charge in [-0.25, -0.2) is 0 Å². The van der Waals surface area contributed by atoms with Crippen molar-refractivity contribution >= 4 is 0 Å². The minimum atomic E-state index is 0.678. The van der Waals surface area contributed by atoms with E-state index in [0.717, 1.165) is 12.8 Å². The molecule has 0 aromatic rings. The van der Waals surface area contributed by atoms with Gasteiger partial charge in [-0.15, -0.1) is 0 Å². The first kappa shape index (κ1) is 10.3. The van der Waals surface area contributed by atoms with Crippen LogP contribution in [0.15, 0.2) is 35.5 Å². The van der Waals surface area contributed by atoms with Crippen molar-refractivity contribution in [1.82, 2.24) is 0 Å². The molecule has 0 saturated heterocycles. The van der Waals surface area contributed by atoms with Gasteiger partial charge in [0.25, 0.3) is 0 Å². The quantitative estimate of drug-likeness (QED) is 0.552. The molecular formula is C13H20. The zero-order valence-electron chi connectivity index (χ0n) is 9.01. The van der Waals surface area contributed by atoms with Crippen LogP contribution in [0.4, 0.5) is 0 Å². The molecule has 1 aliphatic carbocycles. The van der Waals surface area contributed by atoms with Gasteiger partial charge < -0.3 is 0 Å². The third kappa shape index (κ3) is 3.22. The lowest BCUT2D eigenvalue weighted by Crippen LogP contribution is -1.94. The Bertz CT molecular complexity index is 239. The topological polar surface area (TPSA) is 0 Å². The van der Waals surface area contributed by atoms with Crippen molar-refractivity contribution in [3.05, 3.63) is 35.5 Å². The lowest BCUT2D eigenvalue weighted by molar-refractivity contribution is 0.745. The SMILES string of the molecule is CC/C1=C/C=C(/C(C)C)CC=CC1. The van der Waals surface area contributed by atoms with Crippen molar-refractivity contribution in [1.29, 1.82) is 0 Å². The first-order valence-corrected chi connectivity index (χ1v) is 5.27. The molecule has 0 heterocycles. The molecule has 13 heavy (non-hydrogen) atoms. The lowest BCUT2D eigenvalue weighted by Gasteiger charge is -2.10. The Morgan fingerprint density at radius 2 is 1.85 bits per heavy atom. The van der Waals surface area contributed by atoms with E-state index >= 15 is 0 Å². The summed E-state index contributed by atoms with van der Waals surface area (Å²) in [6.45, 7) is 6.76. The predicted octanol–water partition coefficient (Wildman–Crippen LogP) is 4.26. The fraction of sp³-hybridized carbons (Fsp3) is 0.538. The van der Waals surface area contributed by atoms with Gasteiger partial charge in [0.1, 0.15) is 0 Å². The number of hydrogen-bond acceptors (Lipinski definition) is 0. The van der Waals surface area contributed by atoms with E-state index in [4.69, 9.17) is 0 Å². The molecule has 0 unspecified atom stereocenters. The van der Waals surface area contributed by atoms with E-state index in [0.29, 0.717) is 5.92 Å². The van der Waals surface area contributed by atoms with E-state index in [2.05, 4.69) is 45.1 Å². The normalized spacial score (nSPS) is 25.8. The van der Waals surface area contributed by atoms with Crippen LogP contribution in [0.5, 0.6) is 0 Å². The second kappa shape index (κ2) is 5.06. The van der Waals surface area contributed by atoms with Crippen LogP contribution in [-0.2, 0) is 0 Å². The highest BCUT2D eigenvalue weighted by molar-refractivity contribution is 5.24. The molecule has 1 rings (SSSR count). The molecule has 0 aromatic carbocycles. The van der Waals surface area contributed by atoms with Crippen LogP contribution in [0.25, 0.3) is 0 Å². The van der Waals surface area contributed by atoms with Crippen molar-refractivity contribution < 1.29 is 0 Å². The molecule has 0 heteroatoms. The average Bonchev–Trinajstić information content (AvgIpc) is 2.03. The molecule has 0 nitrogen and oxygen atoms in total. The summed E-state index contributed by atoms with van der Waals surface area (Å²) in [7, 11) is 0. The van der Waals surface area contributed by atoms with Gasteiger partial charge in [-0.2, -0.15) is 0 Å². The van der Waals surface area contributed by atoms with Gasteiger partial charge >= 0.3 is 0 Å². The third-order valence-corrected chi connectivity index (χ3v) is 2.63. The zero-order chi connectivity index (χ0) is 9.68. The molecule has 0 N–H and O–H groups in total.